The third-order valence-corrected chi connectivity index (χ3v) is 7.05. The zero-order chi connectivity index (χ0) is 20.8. The number of pyridine rings is 1. The Morgan fingerprint density at radius 2 is 2.17 bits per heavy atom. The largest absolute Gasteiger partial charge is 0.379 e. The van der Waals surface area contributed by atoms with Crippen molar-refractivity contribution in [2.24, 2.45) is 0 Å². The van der Waals surface area contributed by atoms with Crippen molar-refractivity contribution in [2.75, 3.05) is 18.5 Å². The van der Waals surface area contributed by atoms with Crippen molar-refractivity contribution in [3.8, 4) is 0 Å². The van der Waals surface area contributed by atoms with Crippen LogP contribution in [-0.4, -0.2) is 36.7 Å². The number of sulfonamides is 1. The van der Waals surface area contributed by atoms with Crippen molar-refractivity contribution in [3.05, 3.63) is 46.5 Å². The van der Waals surface area contributed by atoms with Crippen molar-refractivity contribution in [3.63, 3.8) is 0 Å². The second-order valence-electron chi connectivity index (χ2n) is 7.27. The molecule has 2 N–H and O–H groups in total. The van der Waals surface area contributed by atoms with Crippen LogP contribution in [0.4, 0.5) is 14.5 Å². The second-order valence-corrected chi connectivity index (χ2v) is 9.27. The van der Waals surface area contributed by atoms with Crippen LogP contribution >= 0.6 is 11.6 Å². The van der Waals surface area contributed by atoms with Crippen molar-refractivity contribution in [1.82, 2.24) is 14.3 Å². The first-order valence-corrected chi connectivity index (χ1v) is 10.7. The molecule has 156 valence electrons. The Bertz CT molecular complexity index is 1080. The van der Waals surface area contributed by atoms with Crippen molar-refractivity contribution < 1.29 is 21.9 Å². The van der Waals surface area contributed by atoms with Crippen LogP contribution in [0, 0.1) is 0 Å². The minimum atomic E-state index is -3.89. The average Bonchev–Trinajstić information content (AvgIpc) is 3.18. The zero-order valence-corrected chi connectivity index (χ0v) is 17.0. The highest BCUT2D eigenvalue weighted by molar-refractivity contribution is 7.89. The van der Waals surface area contributed by atoms with Crippen LogP contribution in [-0.2, 0) is 27.8 Å². The molecule has 11 heteroatoms. The Morgan fingerprint density at radius 1 is 1.41 bits per heavy atom. The van der Waals surface area contributed by atoms with Crippen molar-refractivity contribution in [2.45, 2.75) is 36.9 Å². The smallest absolute Gasteiger partial charge is 0.280 e. The van der Waals surface area contributed by atoms with Crippen LogP contribution in [0.25, 0.3) is 6.08 Å². The van der Waals surface area contributed by atoms with Crippen molar-refractivity contribution >= 4 is 33.4 Å². The fourth-order valence-electron chi connectivity index (χ4n) is 3.41. The van der Waals surface area contributed by atoms with E-state index in [4.69, 9.17) is 16.3 Å². The summed E-state index contributed by atoms with van der Waals surface area (Å²) < 4.78 is 61.3. The lowest BCUT2D eigenvalue weighted by Crippen LogP contribution is -2.59. The normalized spacial score (nSPS) is 17.4. The summed E-state index contributed by atoms with van der Waals surface area (Å²) in [5, 5.41) is 3.13. The summed E-state index contributed by atoms with van der Waals surface area (Å²) in [6.07, 6.45) is 2.16. The van der Waals surface area contributed by atoms with E-state index in [1.165, 1.54) is 12.3 Å². The lowest BCUT2D eigenvalue weighted by atomic mass is 10.0. The number of nitrogens with zero attached hydrogens (tertiary/aromatic N) is 2. The van der Waals surface area contributed by atoms with Crippen LogP contribution in [0.15, 0.2) is 29.3 Å². The Kier molecular flexibility index (Phi) is 5.14. The molecule has 0 unspecified atom stereocenters. The van der Waals surface area contributed by atoms with Gasteiger partial charge in [-0.05, 0) is 25.1 Å². The van der Waals surface area contributed by atoms with E-state index >= 15 is 0 Å². The fourth-order valence-corrected chi connectivity index (χ4v) is 5.65. The summed E-state index contributed by atoms with van der Waals surface area (Å²) in [4.78, 5) is 3.64. The van der Waals surface area contributed by atoms with Gasteiger partial charge in [-0.25, -0.2) is 21.9 Å². The lowest BCUT2D eigenvalue weighted by Gasteiger charge is -2.38. The van der Waals surface area contributed by atoms with Crippen LogP contribution in [0.5, 0.6) is 0 Å². The lowest BCUT2D eigenvalue weighted by molar-refractivity contribution is -0.0523. The van der Waals surface area contributed by atoms with Crippen molar-refractivity contribution in [1.29, 1.82) is 0 Å². The predicted octanol–water partition coefficient (Wildman–Crippen LogP) is 3.18. The zero-order valence-electron chi connectivity index (χ0n) is 15.5. The van der Waals surface area contributed by atoms with Gasteiger partial charge in [0.25, 0.3) is 6.43 Å². The van der Waals surface area contributed by atoms with Gasteiger partial charge in [0.2, 0.25) is 10.0 Å². The Morgan fingerprint density at radius 3 is 2.83 bits per heavy atom. The standard InChI is InChI=1S/C18H19ClF2N4O3S/c1-18(9-28-10-18)24-29(26,27)16-13-3-2-6-25(13)14(15(16)19)8-23-11-4-5-22-12(7-11)17(20)21/h2-5,7,17,24H,6,8-10H2,1H3,(H,22,23). The number of hydrogen-bond acceptors (Lipinski definition) is 5. The molecule has 1 fully saturated rings. The fraction of sp³-hybridized carbons (Fsp3) is 0.389. The highest BCUT2D eigenvalue weighted by Crippen LogP contribution is 2.37. The Labute approximate surface area is 171 Å². The molecule has 2 aromatic rings. The summed E-state index contributed by atoms with van der Waals surface area (Å²) in [6, 6.07) is 2.81. The van der Waals surface area contributed by atoms with Gasteiger partial charge in [0.05, 0.1) is 41.7 Å². The molecule has 0 atom stereocenters. The highest BCUT2D eigenvalue weighted by Gasteiger charge is 2.40. The number of allylic oxidation sites excluding steroid dienone is 1. The monoisotopic (exact) mass is 444 g/mol. The number of ether oxygens (including phenoxy) is 1. The number of aromatic nitrogens is 2. The number of hydrogen-bond donors (Lipinski definition) is 2. The van der Waals surface area contributed by atoms with Gasteiger partial charge in [-0.3, -0.25) is 4.98 Å². The predicted molar refractivity (Wildman–Crippen MR) is 105 cm³/mol. The highest BCUT2D eigenvalue weighted by atomic mass is 35.5. The van der Waals surface area contributed by atoms with Gasteiger partial charge >= 0.3 is 0 Å². The molecular formula is C18H19ClF2N4O3S. The van der Waals surface area contributed by atoms with E-state index in [2.05, 4.69) is 15.0 Å². The molecule has 0 bridgehead atoms. The number of alkyl halides is 2. The van der Waals surface area contributed by atoms with Gasteiger partial charge in [0.15, 0.2) is 0 Å². The van der Waals surface area contributed by atoms with Gasteiger partial charge in [0, 0.05) is 18.4 Å². The SMILES string of the molecule is CC1(NS(=O)(=O)c2c(Cl)c(CNc3ccnc(C(F)F)c3)n3c2C=CC3)COC1. The molecular weight excluding hydrogens is 426 g/mol. The number of anilines is 1. The van der Waals surface area contributed by atoms with Gasteiger partial charge in [-0.15, -0.1) is 0 Å². The summed E-state index contributed by atoms with van der Waals surface area (Å²) in [5.41, 5.74) is 0.477. The molecule has 0 aromatic carbocycles. The third kappa shape index (κ3) is 3.77. The minimum absolute atomic E-state index is 0.0147. The number of nitrogens with one attached hydrogen (secondary N) is 2. The topological polar surface area (TPSA) is 85.3 Å². The molecule has 0 aliphatic carbocycles. The molecule has 2 aromatic heterocycles. The van der Waals surface area contributed by atoms with Crippen LogP contribution in [0.1, 0.15) is 30.4 Å². The average molecular weight is 445 g/mol. The van der Waals surface area contributed by atoms with Gasteiger partial charge < -0.3 is 14.6 Å². The number of halogens is 3. The van der Waals surface area contributed by atoms with Crippen LogP contribution in [0.3, 0.4) is 0 Å². The molecule has 7 nitrogen and oxygen atoms in total. The van der Waals surface area contributed by atoms with Gasteiger partial charge in [0.1, 0.15) is 10.6 Å². The van der Waals surface area contributed by atoms with Crippen LogP contribution < -0.4 is 10.0 Å². The molecule has 29 heavy (non-hydrogen) atoms. The Hall–Kier alpha value is -2.01. The molecule has 0 amide bonds. The molecule has 4 heterocycles. The van der Waals surface area contributed by atoms with E-state index in [1.807, 2.05) is 6.08 Å². The molecule has 0 saturated carbocycles. The molecule has 4 rings (SSSR count). The summed E-state index contributed by atoms with van der Waals surface area (Å²) in [6.45, 7) is 2.98. The minimum Gasteiger partial charge on any atom is -0.379 e. The molecule has 1 saturated heterocycles. The molecule has 2 aliphatic rings. The van der Waals surface area contributed by atoms with E-state index in [1.54, 1.807) is 23.6 Å². The summed E-state index contributed by atoms with van der Waals surface area (Å²) >= 11 is 6.49. The Balaban J connectivity index is 1.63. The summed E-state index contributed by atoms with van der Waals surface area (Å²) in [5.74, 6) is 0. The number of rotatable bonds is 7. The number of fused-ring (bicyclic) bond motifs is 1. The molecule has 2 aliphatic heterocycles. The maximum atomic E-state index is 13.0. The van der Waals surface area contributed by atoms with E-state index < -0.39 is 22.0 Å². The second kappa shape index (κ2) is 7.35. The third-order valence-electron chi connectivity index (χ3n) is 4.82. The summed E-state index contributed by atoms with van der Waals surface area (Å²) in [7, 11) is -3.89. The van der Waals surface area contributed by atoms with Crippen LogP contribution in [0.2, 0.25) is 5.02 Å². The van der Waals surface area contributed by atoms with Gasteiger partial charge in [-0.2, -0.15) is 0 Å². The molecule has 0 spiro atoms. The first-order chi connectivity index (χ1) is 13.7. The molecule has 0 radical (unpaired) electrons. The first-order valence-electron chi connectivity index (χ1n) is 8.87. The quantitative estimate of drug-likeness (QED) is 0.685. The van der Waals surface area contributed by atoms with Gasteiger partial charge in [-0.1, -0.05) is 17.7 Å². The first kappa shape index (κ1) is 20.3. The van der Waals surface area contributed by atoms with E-state index in [-0.39, 0.29) is 22.2 Å². The van der Waals surface area contributed by atoms with E-state index in [9.17, 15) is 17.2 Å². The van der Waals surface area contributed by atoms with E-state index in [0.717, 1.165) is 0 Å². The van der Waals surface area contributed by atoms with E-state index in [0.29, 0.717) is 36.8 Å². The maximum Gasteiger partial charge on any atom is 0.280 e. The maximum absolute atomic E-state index is 13.0.